The van der Waals surface area contributed by atoms with Crippen LogP contribution in [-0.4, -0.2) is 68.6 Å². The highest BCUT2D eigenvalue weighted by atomic mass is 31.2. The van der Waals surface area contributed by atoms with Crippen LogP contribution < -0.4 is 34.4 Å². The highest BCUT2D eigenvalue weighted by molar-refractivity contribution is 7.38. The van der Waals surface area contributed by atoms with Crippen LogP contribution in [0.4, 0.5) is 0 Å². The van der Waals surface area contributed by atoms with Crippen LogP contribution in [0, 0.1) is 0 Å². The van der Waals surface area contributed by atoms with Crippen molar-refractivity contribution in [1.29, 1.82) is 0 Å². The maximum atomic E-state index is 7.23. The minimum Gasteiger partial charge on any atom is -0.329 e. The largest absolute Gasteiger partial charge is 0.329 e. The molecule has 0 aromatic heterocycles. The summed E-state index contributed by atoms with van der Waals surface area (Å²) >= 11 is 0. The maximum absolute atomic E-state index is 7.23. The van der Waals surface area contributed by atoms with Crippen molar-refractivity contribution in [3.05, 3.63) is 0 Å². The fourth-order valence-corrected chi connectivity index (χ4v) is 0. The molecule has 0 bridgehead atoms. The third-order valence-electron chi connectivity index (χ3n) is 0.500. The molecule has 18 N–H and O–H groups in total. The van der Waals surface area contributed by atoms with Crippen molar-refractivity contribution >= 4 is 17.2 Å². The predicted octanol–water partition coefficient (Wildman–Crippen LogP) is -4.91. The lowest BCUT2D eigenvalue weighted by Crippen LogP contribution is -2.11. The average Bonchev–Trinajstić information content (AvgIpc) is 2.37. The second kappa shape index (κ2) is 42.7. The monoisotopic (exact) mass is 344 g/mol. The summed E-state index contributed by atoms with van der Waals surface area (Å²) in [6.45, 7) is 3.58. The average molecular weight is 344 g/mol. The van der Waals surface area contributed by atoms with Crippen LogP contribution in [0.25, 0.3) is 0 Å². The molecule has 0 rings (SSSR count). The van der Waals surface area contributed by atoms with E-state index in [2.05, 4.69) is 0 Å². The van der Waals surface area contributed by atoms with Crippen LogP contribution in [0.1, 0.15) is 0 Å². The van der Waals surface area contributed by atoms with Crippen molar-refractivity contribution < 1.29 is 29.4 Å². The molecule has 0 spiro atoms. The van der Waals surface area contributed by atoms with Gasteiger partial charge in [-0.3, -0.25) is 0 Å². The Labute approximate surface area is 121 Å². The molecular formula is C6H30N6O6P2. The number of hydrogen-bond donors (Lipinski definition) is 12. The number of hydrogen-bond acceptors (Lipinski definition) is 12. The summed E-state index contributed by atoms with van der Waals surface area (Å²) in [5, 5.41) is 0. The van der Waals surface area contributed by atoms with E-state index in [9.17, 15) is 0 Å². The van der Waals surface area contributed by atoms with Crippen molar-refractivity contribution in [2.45, 2.75) is 0 Å². The molecule has 0 saturated carbocycles. The Kier molecular flexibility index (Phi) is 69.1. The zero-order valence-corrected chi connectivity index (χ0v) is 13.1. The van der Waals surface area contributed by atoms with Crippen LogP contribution >= 0.6 is 17.2 Å². The topological polar surface area (TPSA) is 278 Å². The molecule has 0 unspecified atom stereocenters. The Morgan fingerprint density at radius 1 is 0.400 bits per heavy atom. The molecule has 0 amide bonds. The van der Waals surface area contributed by atoms with E-state index in [-0.39, 0.29) is 0 Å². The fraction of sp³-hybridized carbons (Fsp3) is 1.00. The highest BCUT2D eigenvalue weighted by Crippen LogP contribution is 2.12. The standard InChI is InChI=1S/3C2H8N2.2H3O3P/c3*3-1-2-4;2*1-4(2)3/h3*1-4H2;2*1-3H. The first-order chi connectivity index (χ1) is 9.21. The minimum absolute atomic E-state index is 0.597. The molecule has 20 heavy (non-hydrogen) atoms. The number of rotatable bonds is 3. The second-order valence-corrected chi connectivity index (χ2v) is 3.34. The summed E-state index contributed by atoms with van der Waals surface area (Å²) in [7, 11) is -5.24. The summed E-state index contributed by atoms with van der Waals surface area (Å²) in [5.74, 6) is 0. The van der Waals surface area contributed by atoms with Crippen LogP contribution in [0.3, 0.4) is 0 Å². The van der Waals surface area contributed by atoms with Gasteiger partial charge in [-0.25, -0.2) is 0 Å². The molecule has 0 aliphatic carbocycles. The molecule has 0 aromatic carbocycles. The van der Waals surface area contributed by atoms with Gasteiger partial charge in [-0.05, 0) is 0 Å². The fourth-order valence-electron chi connectivity index (χ4n) is 0. The van der Waals surface area contributed by atoms with Crippen molar-refractivity contribution in [3.63, 3.8) is 0 Å². The van der Waals surface area contributed by atoms with Gasteiger partial charge in [-0.1, -0.05) is 0 Å². The van der Waals surface area contributed by atoms with Gasteiger partial charge >= 0.3 is 17.2 Å². The Bertz CT molecular complexity index is 92.9. The van der Waals surface area contributed by atoms with Gasteiger partial charge in [-0.2, -0.15) is 0 Å². The quantitative estimate of drug-likeness (QED) is 0.214. The molecule has 0 atom stereocenters. The molecule has 0 aliphatic heterocycles. The molecule has 0 aromatic rings. The van der Waals surface area contributed by atoms with E-state index in [0.717, 1.165) is 0 Å². The van der Waals surface area contributed by atoms with Gasteiger partial charge in [0.15, 0.2) is 0 Å². The van der Waals surface area contributed by atoms with Gasteiger partial charge in [0.25, 0.3) is 0 Å². The van der Waals surface area contributed by atoms with E-state index in [4.69, 9.17) is 63.8 Å². The molecule has 130 valence electrons. The second-order valence-electron chi connectivity index (χ2n) is 2.27. The molecule has 12 nitrogen and oxygen atoms in total. The summed E-state index contributed by atoms with van der Waals surface area (Å²) in [6, 6.07) is 0. The number of nitrogens with two attached hydrogens (primary N) is 6. The SMILES string of the molecule is NCCN.NCCN.NCCN.OP(O)O.OP(O)O. The minimum atomic E-state index is -2.62. The zero-order valence-electron chi connectivity index (χ0n) is 11.3. The van der Waals surface area contributed by atoms with Gasteiger partial charge in [0.2, 0.25) is 0 Å². The van der Waals surface area contributed by atoms with E-state index in [1.807, 2.05) is 0 Å². The lowest BCUT2D eigenvalue weighted by atomic mass is 10.7. The van der Waals surface area contributed by atoms with Crippen molar-refractivity contribution in [3.8, 4) is 0 Å². The predicted molar refractivity (Wildman–Crippen MR) is 81.5 cm³/mol. The van der Waals surface area contributed by atoms with E-state index >= 15 is 0 Å². The molecule has 0 radical (unpaired) electrons. The van der Waals surface area contributed by atoms with Gasteiger partial charge < -0.3 is 63.8 Å². The van der Waals surface area contributed by atoms with Gasteiger partial charge in [0.1, 0.15) is 0 Å². The van der Waals surface area contributed by atoms with E-state index in [1.165, 1.54) is 0 Å². The summed E-state index contributed by atoms with van der Waals surface area (Å²) < 4.78 is 0. The van der Waals surface area contributed by atoms with Crippen LogP contribution in [0.2, 0.25) is 0 Å². The lowest BCUT2D eigenvalue weighted by molar-refractivity contribution is 0.366. The Hall–Kier alpha value is 0.380. The Morgan fingerprint density at radius 2 is 0.450 bits per heavy atom. The van der Waals surface area contributed by atoms with Crippen molar-refractivity contribution in [2.24, 2.45) is 34.4 Å². The molecular weight excluding hydrogens is 314 g/mol. The third-order valence-corrected chi connectivity index (χ3v) is 0.500. The first kappa shape index (κ1) is 32.4. The van der Waals surface area contributed by atoms with E-state index < -0.39 is 17.2 Å². The summed E-state index contributed by atoms with van der Waals surface area (Å²) in [6.07, 6.45) is 0. The molecule has 0 aliphatic rings. The molecule has 0 heterocycles. The first-order valence-corrected chi connectivity index (χ1v) is 7.55. The smallest absolute Gasteiger partial charge is 0.324 e. The van der Waals surface area contributed by atoms with E-state index in [0.29, 0.717) is 39.3 Å². The van der Waals surface area contributed by atoms with Crippen molar-refractivity contribution in [2.75, 3.05) is 39.3 Å². The molecule has 0 saturated heterocycles. The van der Waals surface area contributed by atoms with Gasteiger partial charge in [0.05, 0.1) is 0 Å². The van der Waals surface area contributed by atoms with Crippen LogP contribution in [-0.2, 0) is 0 Å². The zero-order chi connectivity index (χ0) is 17.4. The highest BCUT2D eigenvalue weighted by Gasteiger charge is 1.76. The van der Waals surface area contributed by atoms with Crippen LogP contribution in [0.15, 0.2) is 0 Å². The van der Waals surface area contributed by atoms with Gasteiger partial charge in [0, 0.05) is 39.3 Å². The lowest BCUT2D eigenvalue weighted by Gasteiger charge is -1.76. The van der Waals surface area contributed by atoms with Crippen molar-refractivity contribution in [1.82, 2.24) is 0 Å². The Morgan fingerprint density at radius 3 is 0.450 bits per heavy atom. The van der Waals surface area contributed by atoms with Crippen LogP contribution in [0.5, 0.6) is 0 Å². The first-order valence-electron chi connectivity index (χ1n) is 5.15. The maximum Gasteiger partial charge on any atom is 0.324 e. The third kappa shape index (κ3) is 486. The summed E-state index contributed by atoms with van der Waals surface area (Å²) in [5.41, 5.74) is 29.4. The Balaban J connectivity index is -0.0000000469. The van der Waals surface area contributed by atoms with E-state index in [1.54, 1.807) is 0 Å². The molecule has 0 fully saturated rings. The molecule has 14 heteroatoms. The summed E-state index contributed by atoms with van der Waals surface area (Å²) in [4.78, 5) is 43.4. The normalized spacial score (nSPS) is 8.10. The van der Waals surface area contributed by atoms with Gasteiger partial charge in [-0.15, -0.1) is 0 Å².